The van der Waals surface area contributed by atoms with Crippen LogP contribution in [0.4, 0.5) is 30.6 Å². The van der Waals surface area contributed by atoms with E-state index in [1.54, 1.807) is 12.1 Å². The quantitative estimate of drug-likeness (QED) is 0.301. The second-order valence-electron chi connectivity index (χ2n) is 7.36. The molecule has 0 saturated heterocycles. The van der Waals surface area contributed by atoms with Gasteiger partial charge in [0.25, 0.3) is 0 Å². The predicted octanol–water partition coefficient (Wildman–Crippen LogP) is 4.54. The number of nitrogens with one attached hydrogen (secondary N) is 2. The topological polar surface area (TPSA) is 119 Å². The molecule has 0 spiro atoms. The number of nitrogens with two attached hydrogens (primary N) is 1. The first-order chi connectivity index (χ1) is 14.7. The van der Waals surface area contributed by atoms with Gasteiger partial charge in [0.2, 0.25) is 11.8 Å². The van der Waals surface area contributed by atoms with Crippen molar-refractivity contribution >= 4 is 29.2 Å². The van der Waals surface area contributed by atoms with E-state index in [9.17, 15) is 23.3 Å². The molecule has 1 aromatic heterocycles. The number of hydrogen-bond donors (Lipinski definition) is 3. The van der Waals surface area contributed by atoms with Crippen LogP contribution in [-0.2, 0) is 6.54 Å². The van der Waals surface area contributed by atoms with Crippen LogP contribution in [-0.4, -0.2) is 33.0 Å². The summed E-state index contributed by atoms with van der Waals surface area (Å²) in [7, 11) is 0. The van der Waals surface area contributed by atoms with Crippen LogP contribution in [0.5, 0.6) is 0 Å². The zero-order valence-electron chi connectivity index (χ0n) is 16.6. The summed E-state index contributed by atoms with van der Waals surface area (Å²) < 4.78 is 38.3. The number of nitrogens with zero attached hydrogens (tertiary/aromatic N) is 3. The smallest absolute Gasteiger partial charge is 0.364 e. The van der Waals surface area contributed by atoms with E-state index in [2.05, 4.69) is 20.6 Å². The fraction of sp³-hybridized carbons (Fsp3) is 0.474. The monoisotopic (exact) mass is 456 g/mol. The summed E-state index contributed by atoms with van der Waals surface area (Å²) in [5.74, 6) is 0.512. The Morgan fingerprint density at radius 1 is 1.19 bits per heavy atom. The third-order valence-corrected chi connectivity index (χ3v) is 5.90. The lowest BCUT2D eigenvalue weighted by Crippen LogP contribution is -2.29. The average molecular weight is 456 g/mol. The van der Waals surface area contributed by atoms with Crippen molar-refractivity contribution in [1.82, 2.24) is 9.97 Å². The number of nitro groups is 1. The first kappa shape index (κ1) is 23.1. The van der Waals surface area contributed by atoms with E-state index < -0.39 is 10.4 Å². The summed E-state index contributed by atoms with van der Waals surface area (Å²) >= 11 is -0.195. The number of anilines is 2. The van der Waals surface area contributed by atoms with Crippen molar-refractivity contribution in [2.24, 2.45) is 11.7 Å². The highest BCUT2D eigenvalue weighted by Gasteiger charge is 2.30. The number of benzene rings is 1. The van der Waals surface area contributed by atoms with E-state index in [4.69, 9.17) is 5.73 Å². The number of alkyl halides is 3. The number of aromatic nitrogens is 2. The first-order valence-electron chi connectivity index (χ1n) is 9.79. The fourth-order valence-electron chi connectivity index (χ4n) is 3.41. The second kappa shape index (κ2) is 10.1. The molecule has 1 aliphatic rings. The number of halogens is 3. The Morgan fingerprint density at radius 2 is 1.90 bits per heavy atom. The highest BCUT2D eigenvalue weighted by molar-refractivity contribution is 8.00. The Balaban J connectivity index is 1.68. The molecule has 1 aromatic carbocycles. The summed E-state index contributed by atoms with van der Waals surface area (Å²) in [6.07, 6.45) is 4.79. The number of hydrogen-bond acceptors (Lipinski definition) is 8. The van der Waals surface area contributed by atoms with Crippen LogP contribution in [0.2, 0.25) is 0 Å². The highest BCUT2D eigenvalue weighted by atomic mass is 32.2. The van der Waals surface area contributed by atoms with Gasteiger partial charge in [-0.25, -0.2) is 4.98 Å². The van der Waals surface area contributed by atoms with Crippen LogP contribution in [0, 0.1) is 16.0 Å². The molecule has 0 unspecified atom stereocenters. The predicted molar refractivity (Wildman–Crippen MR) is 113 cm³/mol. The summed E-state index contributed by atoms with van der Waals surface area (Å²) in [6, 6.07) is 6.32. The number of rotatable bonds is 8. The van der Waals surface area contributed by atoms with Gasteiger partial charge in [-0.05, 0) is 55.0 Å². The Morgan fingerprint density at radius 3 is 2.58 bits per heavy atom. The van der Waals surface area contributed by atoms with Crippen LogP contribution < -0.4 is 16.4 Å². The zero-order chi connectivity index (χ0) is 22.4. The summed E-state index contributed by atoms with van der Waals surface area (Å²) in [5.41, 5.74) is 1.67. The van der Waals surface area contributed by atoms with E-state index in [1.165, 1.54) is 12.1 Å². The van der Waals surface area contributed by atoms with Crippen molar-refractivity contribution < 1.29 is 18.1 Å². The maximum atomic E-state index is 12.8. The van der Waals surface area contributed by atoms with Gasteiger partial charge in [0, 0.05) is 24.0 Å². The lowest BCUT2D eigenvalue weighted by atomic mass is 9.86. The molecule has 0 radical (unpaired) electrons. The molecule has 0 atom stereocenters. The van der Waals surface area contributed by atoms with E-state index in [1.807, 2.05) is 0 Å². The molecule has 1 saturated carbocycles. The Bertz CT molecular complexity index is 906. The van der Waals surface area contributed by atoms with Crippen molar-refractivity contribution in [2.45, 2.75) is 48.7 Å². The van der Waals surface area contributed by atoms with Crippen molar-refractivity contribution in [3.05, 3.63) is 46.1 Å². The molecule has 8 nitrogen and oxygen atoms in total. The highest BCUT2D eigenvalue weighted by Crippen LogP contribution is 2.38. The average Bonchev–Trinajstić information content (AvgIpc) is 2.71. The molecular formula is C19H23F3N6O2S. The Hall–Kier alpha value is -2.60. The summed E-state index contributed by atoms with van der Waals surface area (Å²) in [4.78, 5) is 18.9. The molecule has 0 amide bonds. The molecular weight excluding hydrogens is 433 g/mol. The maximum Gasteiger partial charge on any atom is 0.446 e. The Labute approximate surface area is 181 Å². The van der Waals surface area contributed by atoms with Gasteiger partial charge in [-0.15, -0.1) is 0 Å². The van der Waals surface area contributed by atoms with Gasteiger partial charge >= 0.3 is 11.2 Å². The molecule has 4 N–H and O–H groups in total. The van der Waals surface area contributed by atoms with Crippen LogP contribution in [0.1, 0.15) is 31.2 Å². The minimum atomic E-state index is -4.40. The summed E-state index contributed by atoms with van der Waals surface area (Å²) in [5, 5.41) is 17.2. The lowest BCUT2D eigenvalue weighted by molar-refractivity contribution is -0.384. The third kappa shape index (κ3) is 6.96. The molecule has 12 heteroatoms. The molecule has 1 fully saturated rings. The molecule has 31 heavy (non-hydrogen) atoms. The second-order valence-corrected chi connectivity index (χ2v) is 8.46. The van der Waals surface area contributed by atoms with Gasteiger partial charge in [0.05, 0.1) is 4.92 Å². The van der Waals surface area contributed by atoms with Gasteiger partial charge in [0.1, 0.15) is 6.20 Å². The lowest BCUT2D eigenvalue weighted by Gasteiger charge is -2.26. The van der Waals surface area contributed by atoms with E-state index in [0.29, 0.717) is 18.0 Å². The molecule has 2 aromatic rings. The Kier molecular flexibility index (Phi) is 7.55. The van der Waals surface area contributed by atoms with Gasteiger partial charge < -0.3 is 16.4 Å². The first-order valence-corrected chi connectivity index (χ1v) is 10.6. The molecule has 168 valence electrons. The maximum absolute atomic E-state index is 12.8. The minimum Gasteiger partial charge on any atom is -0.364 e. The molecule has 1 heterocycles. The van der Waals surface area contributed by atoms with Crippen LogP contribution in [0.15, 0.2) is 35.4 Å². The zero-order valence-corrected chi connectivity index (χ0v) is 17.4. The van der Waals surface area contributed by atoms with Gasteiger partial charge in [-0.1, -0.05) is 18.2 Å². The van der Waals surface area contributed by atoms with Gasteiger partial charge in [0.15, 0.2) is 0 Å². The number of thioether (sulfide) groups is 1. The van der Waals surface area contributed by atoms with E-state index in [0.717, 1.165) is 31.9 Å². The van der Waals surface area contributed by atoms with Crippen molar-refractivity contribution in [1.29, 1.82) is 0 Å². The van der Waals surface area contributed by atoms with Crippen LogP contribution in [0.25, 0.3) is 0 Å². The standard InChI is InChI=1S/C19H23F3N6O2S/c20-19(21,22)31-16-4-2-1-3-13(16)10-25-18-26-11-15(28(29)30)17(27-18)24-9-12-5-7-14(23)8-6-12/h1-4,11-12,14H,5-10,23H2,(H2,24,25,26,27)/t12-,14-. The normalized spacial score (nSPS) is 19.1. The largest absolute Gasteiger partial charge is 0.446 e. The minimum absolute atomic E-state index is 0.0387. The van der Waals surface area contributed by atoms with Crippen LogP contribution >= 0.6 is 11.8 Å². The van der Waals surface area contributed by atoms with Crippen molar-refractivity contribution in [3.63, 3.8) is 0 Å². The molecule has 0 bridgehead atoms. The summed E-state index contributed by atoms with van der Waals surface area (Å²) in [6.45, 7) is 0.562. The van der Waals surface area contributed by atoms with Gasteiger partial charge in [-0.2, -0.15) is 18.2 Å². The third-order valence-electron chi connectivity index (χ3n) is 5.05. The van der Waals surface area contributed by atoms with Crippen molar-refractivity contribution in [2.75, 3.05) is 17.2 Å². The van der Waals surface area contributed by atoms with Crippen LogP contribution in [0.3, 0.4) is 0 Å². The van der Waals surface area contributed by atoms with E-state index >= 15 is 0 Å². The van der Waals surface area contributed by atoms with Crippen molar-refractivity contribution in [3.8, 4) is 0 Å². The van der Waals surface area contributed by atoms with E-state index in [-0.39, 0.29) is 46.7 Å². The fourth-order valence-corrected chi connectivity index (χ4v) is 4.07. The molecule has 1 aliphatic carbocycles. The molecule has 3 rings (SSSR count). The van der Waals surface area contributed by atoms with Gasteiger partial charge in [-0.3, -0.25) is 10.1 Å². The SMILES string of the molecule is N[C@H]1CC[C@H](CNc2nc(NCc3ccccc3SC(F)(F)F)ncc2[N+](=O)[O-])CC1. The molecule has 0 aliphatic heterocycles.